The van der Waals surface area contributed by atoms with E-state index in [9.17, 15) is 0 Å². The van der Waals surface area contributed by atoms with Crippen molar-refractivity contribution in [1.29, 1.82) is 0 Å². The first kappa shape index (κ1) is 15.1. The van der Waals surface area contributed by atoms with E-state index in [4.69, 9.17) is 4.74 Å². The average Bonchev–Trinajstić information content (AvgIpc) is 2.46. The number of anilines is 1. The van der Waals surface area contributed by atoms with E-state index in [1.807, 2.05) is 6.07 Å². The fraction of sp³-hybridized carbons (Fsp3) is 0.294. The monoisotopic (exact) mass is 333 g/mol. The van der Waals surface area contributed by atoms with Crippen molar-refractivity contribution in [2.24, 2.45) is 0 Å². The summed E-state index contributed by atoms with van der Waals surface area (Å²) in [4.78, 5) is 0. The van der Waals surface area contributed by atoms with Gasteiger partial charge in [0.1, 0.15) is 0 Å². The van der Waals surface area contributed by atoms with E-state index in [-0.39, 0.29) is 6.04 Å². The van der Waals surface area contributed by atoms with Crippen molar-refractivity contribution in [2.45, 2.75) is 19.4 Å². The Hall–Kier alpha value is -1.32. The summed E-state index contributed by atoms with van der Waals surface area (Å²) in [6, 6.07) is 17.0. The van der Waals surface area contributed by atoms with Crippen LogP contribution in [0.3, 0.4) is 0 Å². The molecule has 0 spiro atoms. The molecule has 1 unspecified atom stereocenters. The summed E-state index contributed by atoms with van der Waals surface area (Å²) in [5.74, 6) is 0. The molecule has 2 rings (SSSR count). The molecule has 0 aliphatic rings. The maximum atomic E-state index is 5.17. The number of hydrogen-bond acceptors (Lipinski definition) is 2. The van der Waals surface area contributed by atoms with Gasteiger partial charge in [0.15, 0.2) is 0 Å². The summed E-state index contributed by atoms with van der Waals surface area (Å²) in [5, 5.41) is 3.59. The first-order valence-electron chi connectivity index (χ1n) is 6.80. The number of methoxy groups -OCH3 is 1. The molecule has 0 radical (unpaired) electrons. The summed E-state index contributed by atoms with van der Waals surface area (Å²) >= 11 is 3.61. The first-order chi connectivity index (χ1) is 9.72. The van der Waals surface area contributed by atoms with Gasteiger partial charge in [0.05, 0.1) is 6.61 Å². The molecule has 0 aromatic heterocycles. The average molecular weight is 334 g/mol. The zero-order chi connectivity index (χ0) is 14.4. The van der Waals surface area contributed by atoms with Crippen LogP contribution in [0.5, 0.6) is 0 Å². The lowest BCUT2D eigenvalue weighted by Gasteiger charge is -2.19. The van der Waals surface area contributed by atoms with E-state index in [2.05, 4.69) is 70.6 Å². The van der Waals surface area contributed by atoms with E-state index >= 15 is 0 Å². The van der Waals surface area contributed by atoms with E-state index < -0.39 is 0 Å². The summed E-state index contributed by atoms with van der Waals surface area (Å²) in [5.41, 5.74) is 3.72. The van der Waals surface area contributed by atoms with Crippen LogP contribution in [0.1, 0.15) is 24.1 Å². The van der Waals surface area contributed by atoms with Crippen molar-refractivity contribution in [3.8, 4) is 0 Å². The van der Waals surface area contributed by atoms with Crippen molar-refractivity contribution in [3.05, 3.63) is 64.1 Å². The lowest BCUT2D eigenvalue weighted by atomic mass is 10.1. The van der Waals surface area contributed by atoms with Gasteiger partial charge in [0, 0.05) is 23.3 Å². The maximum Gasteiger partial charge on any atom is 0.0503 e. The van der Waals surface area contributed by atoms with Crippen molar-refractivity contribution < 1.29 is 4.74 Å². The maximum absolute atomic E-state index is 5.17. The van der Waals surface area contributed by atoms with Crippen molar-refractivity contribution >= 4 is 21.6 Å². The Bertz CT molecular complexity index is 556. The van der Waals surface area contributed by atoms with Gasteiger partial charge in [-0.25, -0.2) is 0 Å². The highest BCUT2D eigenvalue weighted by atomic mass is 79.9. The summed E-state index contributed by atoms with van der Waals surface area (Å²) < 4.78 is 6.31. The Balaban J connectivity index is 2.15. The third-order valence-corrected chi connectivity index (χ3v) is 4.06. The van der Waals surface area contributed by atoms with Gasteiger partial charge in [-0.05, 0) is 36.6 Å². The van der Waals surface area contributed by atoms with Gasteiger partial charge in [0.2, 0.25) is 0 Å². The fourth-order valence-corrected chi connectivity index (χ4v) is 2.86. The Morgan fingerprint density at radius 1 is 1.10 bits per heavy atom. The highest BCUT2D eigenvalue weighted by molar-refractivity contribution is 9.10. The molecule has 2 aromatic carbocycles. The molecule has 0 aliphatic carbocycles. The standard InChI is InChI=1S/C17H20BrNO/c1-13(15-8-4-5-9-16(15)18)19-17-10-6-3-7-14(17)11-12-20-2/h3-10,13,19H,11-12H2,1-2H3. The van der Waals surface area contributed by atoms with E-state index in [1.165, 1.54) is 16.8 Å². The summed E-state index contributed by atoms with van der Waals surface area (Å²) in [6.45, 7) is 2.91. The van der Waals surface area contributed by atoms with Gasteiger partial charge in [0.25, 0.3) is 0 Å². The number of halogens is 1. The van der Waals surface area contributed by atoms with E-state index in [1.54, 1.807) is 7.11 Å². The van der Waals surface area contributed by atoms with Crippen LogP contribution in [-0.2, 0) is 11.2 Å². The molecular weight excluding hydrogens is 314 g/mol. The number of rotatable bonds is 6. The molecule has 1 N–H and O–H groups in total. The molecule has 20 heavy (non-hydrogen) atoms. The van der Waals surface area contributed by atoms with Crippen LogP contribution in [0.4, 0.5) is 5.69 Å². The fourth-order valence-electron chi connectivity index (χ4n) is 2.23. The van der Waals surface area contributed by atoms with Crippen LogP contribution in [0, 0.1) is 0 Å². The molecular formula is C17H20BrNO. The van der Waals surface area contributed by atoms with Crippen LogP contribution in [0.2, 0.25) is 0 Å². The zero-order valence-corrected chi connectivity index (χ0v) is 13.5. The SMILES string of the molecule is COCCc1ccccc1NC(C)c1ccccc1Br. The normalized spacial score (nSPS) is 12.2. The number of para-hydroxylation sites is 1. The largest absolute Gasteiger partial charge is 0.384 e. The van der Waals surface area contributed by atoms with Gasteiger partial charge in [-0.2, -0.15) is 0 Å². The second-order valence-corrected chi connectivity index (χ2v) is 5.64. The van der Waals surface area contributed by atoms with E-state index in [0.717, 1.165) is 17.5 Å². The molecule has 1 atom stereocenters. The van der Waals surface area contributed by atoms with Gasteiger partial charge >= 0.3 is 0 Å². The molecule has 2 aromatic rings. The predicted octanol–water partition coefficient (Wildman–Crippen LogP) is 4.81. The molecule has 3 heteroatoms. The van der Waals surface area contributed by atoms with Crippen LogP contribution in [0.25, 0.3) is 0 Å². The van der Waals surface area contributed by atoms with Crippen LogP contribution >= 0.6 is 15.9 Å². The van der Waals surface area contributed by atoms with Crippen LogP contribution in [0.15, 0.2) is 53.0 Å². The predicted molar refractivity (Wildman–Crippen MR) is 88.2 cm³/mol. The molecule has 0 bridgehead atoms. The highest BCUT2D eigenvalue weighted by Crippen LogP contribution is 2.27. The molecule has 0 aliphatic heterocycles. The third kappa shape index (κ3) is 3.84. The Morgan fingerprint density at radius 3 is 2.55 bits per heavy atom. The summed E-state index contributed by atoms with van der Waals surface area (Å²) in [6.07, 6.45) is 0.919. The Kier molecular flexibility index (Phi) is 5.62. The molecule has 0 saturated heterocycles. The van der Waals surface area contributed by atoms with Gasteiger partial charge in [-0.15, -0.1) is 0 Å². The zero-order valence-electron chi connectivity index (χ0n) is 11.9. The van der Waals surface area contributed by atoms with Crippen molar-refractivity contribution in [2.75, 3.05) is 19.0 Å². The molecule has 0 amide bonds. The lowest BCUT2D eigenvalue weighted by molar-refractivity contribution is 0.202. The molecule has 2 nitrogen and oxygen atoms in total. The first-order valence-corrected chi connectivity index (χ1v) is 7.59. The second-order valence-electron chi connectivity index (χ2n) is 4.79. The van der Waals surface area contributed by atoms with Crippen LogP contribution in [-0.4, -0.2) is 13.7 Å². The number of ether oxygens (including phenoxy) is 1. The van der Waals surface area contributed by atoms with Crippen LogP contribution < -0.4 is 5.32 Å². The smallest absolute Gasteiger partial charge is 0.0503 e. The number of nitrogens with one attached hydrogen (secondary N) is 1. The van der Waals surface area contributed by atoms with Crippen molar-refractivity contribution in [3.63, 3.8) is 0 Å². The Morgan fingerprint density at radius 2 is 1.80 bits per heavy atom. The van der Waals surface area contributed by atoms with Gasteiger partial charge in [-0.3, -0.25) is 0 Å². The minimum Gasteiger partial charge on any atom is -0.384 e. The quantitative estimate of drug-likeness (QED) is 0.818. The molecule has 106 valence electrons. The second kappa shape index (κ2) is 7.46. The minimum atomic E-state index is 0.245. The van der Waals surface area contributed by atoms with Crippen molar-refractivity contribution in [1.82, 2.24) is 0 Å². The van der Waals surface area contributed by atoms with Gasteiger partial charge < -0.3 is 10.1 Å². The highest BCUT2D eigenvalue weighted by Gasteiger charge is 2.10. The van der Waals surface area contributed by atoms with E-state index in [0.29, 0.717) is 0 Å². The molecule has 0 heterocycles. The molecule has 0 saturated carbocycles. The minimum absolute atomic E-state index is 0.245. The topological polar surface area (TPSA) is 21.3 Å². The molecule has 0 fully saturated rings. The number of hydrogen-bond donors (Lipinski definition) is 1. The third-order valence-electron chi connectivity index (χ3n) is 3.34. The lowest BCUT2D eigenvalue weighted by Crippen LogP contribution is -2.09. The summed E-state index contributed by atoms with van der Waals surface area (Å²) in [7, 11) is 1.74. The number of benzene rings is 2. The Labute approximate surface area is 129 Å². The van der Waals surface area contributed by atoms with Gasteiger partial charge in [-0.1, -0.05) is 52.3 Å².